The van der Waals surface area contributed by atoms with Crippen LogP contribution < -0.4 is 0 Å². The number of hydroxylamine groups is 2. The van der Waals surface area contributed by atoms with E-state index in [2.05, 4.69) is 6.92 Å². The first-order chi connectivity index (χ1) is 11.6. The van der Waals surface area contributed by atoms with E-state index in [4.69, 9.17) is 4.84 Å². The Balaban J connectivity index is 1.59. The molecule has 0 spiro atoms. The van der Waals surface area contributed by atoms with Crippen LogP contribution in [0.3, 0.4) is 0 Å². The first kappa shape index (κ1) is 15.9. The highest BCUT2D eigenvalue weighted by atomic mass is 16.7. The molecule has 1 aliphatic heterocycles. The van der Waals surface area contributed by atoms with E-state index in [1.165, 1.54) is 5.56 Å². The topological polar surface area (TPSA) is 63.7 Å². The Morgan fingerprint density at radius 3 is 2.00 bits per heavy atom. The van der Waals surface area contributed by atoms with Gasteiger partial charge in [-0.1, -0.05) is 48.4 Å². The summed E-state index contributed by atoms with van der Waals surface area (Å²) in [5.74, 6) is -1.81. The van der Waals surface area contributed by atoms with Crippen molar-refractivity contribution >= 4 is 17.8 Å². The van der Waals surface area contributed by atoms with Gasteiger partial charge in [0.15, 0.2) is 0 Å². The van der Waals surface area contributed by atoms with Crippen LogP contribution in [0.15, 0.2) is 48.5 Å². The molecule has 0 radical (unpaired) electrons. The number of nitrogens with zero attached hydrogens (tertiary/aromatic N) is 1. The molecule has 2 aromatic rings. The Kier molecular flexibility index (Phi) is 4.42. The number of fused-ring (bicyclic) bond motifs is 1. The van der Waals surface area contributed by atoms with Gasteiger partial charge in [0.25, 0.3) is 11.8 Å². The van der Waals surface area contributed by atoms with Crippen molar-refractivity contribution in [2.45, 2.75) is 26.2 Å². The van der Waals surface area contributed by atoms with Crippen LogP contribution in [0.5, 0.6) is 0 Å². The lowest BCUT2D eigenvalue weighted by Crippen LogP contribution is -2.32. The van der Waals surface area contributed by atoms with Crippen molar-refractivity contribution in [1.82, 2.24) is 5.06 Å². The largest absolute Gasteiger partial charge is 0.333 e. The van der Waals surface area contributed by atoms with E-state index in [0.29, 0.717) is 11.5 Å². The van der Waals surface area contributed by atoms with Gasteiger partial charge < -0.3 is 4.84 Å². The summed E-state index contributed by atoms with van der Waals surface area (Å²) >= 11 is 0. The lowest BCUT2D eigenvalue weighted by Gasteiger charge is -2.12. The smallest absolute Gasteiger partial charge is 0.330 e. The third kappa shape index (κ3) is 3.06. The molecule has 5 heteroatoms. The van der Waals surface area contributed by atoms with Crippen molar-refractivity contribution in [3.8, 4) is 0 Å². The summed E-state index contributed by atoms with van der Waals surface area (Å²) in [4.78, 5) is 41.2. The van der Waals surface area contributed by atoms with E-state index in [-0.39, 0.29) is 17.5 Å². The SMILES string of the molecule is CCc1ccc(CCC(=O)ON2C(=O)c3ccccc3C2=O)cc1. The second-order valence-electron chi connectivity index (χ2n) is 5.58. The quantitative estimate of drug-likeness (QED) is 0.794. The Bertz CT molecular complexity index is 760. The van der Waals surface area contributed by atoms with Gasteiger partial charge in [-0.15, -0.1) is 0 Å². The maximum atomic E-state index is 12.1. The standard InChI is InChI=1S/C19H17NO4/c1-2-13-7-9-14(10-8-13)11-12-17(21)24-20-18(22)15-5-3-4-6-16(15)19(20)23/h3-10H,2,11-12H2,1H3. The number of hydrogen-bond donors (Lipinski definition) is 0. The minimum atomic E-state index is -0.607. The molecular weight excluding hydrogens is 306 g/mol. The maximum absolute atomic E-state index is 12.1. The molecule has 0 aliphatic carbocycles. The van der Waals surface area contributed by atoms with Crippen LogP contribution in [0.2, 0.25) is 0 Å². The number of amides is 2. The van der Waals surface area contributed by atoms with Gasteiger partial charge in [0, 0.05) is 0 Å². The van der Waals surface area contributed by atoms with Crippen molar-refractivity contribution < 1.29 is 19.2 Å². The number of hydrogen-bond acceptors (Lipinski definition) is 4. The van der Waals surface area contributed by atoms with Crippen LogP contribution >= 0.6 is 0 Å². The normalized spacial score (nSPS) is 13.1. The van der Waals surface area contributed by atoms with Crippen LogP contribution in [0, 0.1) is 0 Å². The predicted molar refractivity (Wildman–Crippen MR) is 87.2 cm³/mol. The molecule has 0 N–H and O–H groups in total. The molecule has 0 atom stereocenters. The Labute approximate surface area is 139 Å². The highest BCUT2D eigenvalue weighted by molar-refractivity contribution is 6.20. The van der Waals surface area contributed by atoms with Crippen LogP contribution in [0.4, 0.5) is 0 Å². The third-order valence-corrected chi connectivity index (χ3v) is 4.00. The molecule has 0 saturated carbocycles. The number of carbonyl (C=O) groups excluding carboxylic acids is 3. The van der Waals surface area contributed by atoms with E-state index >= 15 is 0 Å². The van der Waals surface area contributed by atoms with Crippen LogP contribution in [-0.4, -0.2) is 22.8 Å². The summed E-state index contributed by atoms with van der Waals surface area (Å²) in [6, 6.07) is 14.4. The molecule has 0 fully saturated rings. The highest BCUT2D eigenvalue weighted by Crippen LogP contribution is 2.23. The molecular formula is C19H17NO4. The summed E-state index contributed by atoms with van der Waals surface area (Å²) in [6.07, 6.45) is 1.55. The van der Waals surface area contributed by atoms with Gasteiger partial charge in [0.2, 0.25) is 0 Å². The van der Waals surface area contributed by atoms with Gasteiger partial charge in [-0.05, 0) is 36.1 Å². The van der Waals surface area contributed by atoms with Gasteiger partial charge in [-0.25, -0.2) is 4.79 Å². The van der Waals surface area contributed by atoms with Crippen molar-refractivity contribution in [2.24, 2.45) is 0 Å². The Morgan fingerprint density at radius 2 is 1.46 bits per heavy atom. The second-order valence-corrected chi connectivity index (χ2v) is 5.58. The summed E-state index contributed by atoms with van der Waals surface area (Å²) in [5, 5.41) is 0.549. The zero-order valence-electron chi connectivity index (χ0n) is 13.3. The first-order valence-corrected chi connectivity index (χ1v) is 7.86. The van der Waals surface area contributed by atoms with Gasteiger partial charge in [-0.3, -0.25) is 9.59 Å². The van der Waals surface area contributed by atoms with E-state index in [1.54, 1.807) is 24.3 Å². The maximum Gasteiger partial charge on any atom is 0.333 e. The molecule has 1 aliphatic rings. The summed E-state index contributed by atoms with van der Waals surface area (Å²) in [5.41, 5.74) is 2.75. The van der Waals surface area contributed by atoms with Crippen LogP contribution in [0.1, 0.15) is 45.2 Å². The zero-order chi connectivity index (χ0) is 17.1. The van der Waals surface area contributed by atoms with Gasteiger partial charge in [0.05, 0.1) is 17.5 Å². The lowest BCUT2D eigenvalue weighted by atomic mass is 10.1. The average Bonchev–Trinajstić information content (AvgIpc) is 2.86. The molecule has 1 heterocycles. The first-order valence-electron chi connectivity index (χ1n) is 7.86. The van der Waals surface area contributed by atoms with E-state index < -0.39 is 17.8 Å². The molecule has 2 aromatic carbocycles. The minimum absolute atomic E-state index is 0.0961. The third-order valence-electron chi connectivity index (χ3n) is 4.00. The van der Waals surface area contributed by atoms with Gasteiger partial charge in [-0.2, -0.15) is 0 Å². The molecule has 0 bridgehead atoms. The molecule has 24 heavy (non-hydrogen) atoms. The number of carbonyl (C=O) groups is 3. The number of aryl methyl sites for hydroxylation is 2. The fourth-order valence-electron chi connectivity index (χ4n) is 2.59. The zero-order valence-corrected chi connectivity index (χ0v) is 13.3. The Hall–Kier alpha value is -2.95. The van der Waals surface area contributed by atoms with Crippen LogP contribution in [0.25, 0.3) is 0 Å². The van der Waals surface area contributed by atoms with Crippen molar-refractivity contribution in [3.63, 3.8) is 0 Å². The van der Waals surface area contributed by atoms with E-state index in [0.717, 1.165) is 12.0 Å². The minimum Gasteiger partial charge on any atom is -0.330 e. The number of rotatable bonds is 5. The molecule has 2 amide bonds. The highest BCUT2D eigenvalue weighted by Gasteiger charge is 2.38. The van der Waals surface area contributed by atoms with Crippen molar-refractivity contribution in [1.29, 1.82) is 0 Å². The fraction of sp³-hybridized carbons (Fsp3) is 0.211. The Morgan fingerprint density at radius 1 is 0.917 bits per heavy atom. The van der Waals surface area contributed by atoms with E-state index in [9.17, 15) is 14.4 Å². The molecule has 3 rings (SSSR count). The average molecular weight is 323 g/mol. The number of imide groups is 1. The molecule has 5 nitrogen and oxygen atoms in total. The predicted octanol–water partition coefficient (Wildman–Crippen LogP) is 2.94. The lowest BCUT2D eigenvalue weighted by molar-refractivity contribution is -0.168. The molecule has 0 aromatic heterocycles. The van der Waals surface area contributed by atoms with Crippen molar-refractivity contribution in [2.75, 3.05) is 0 Å². The second kappa shape index (κ2) is 6.66. The van der Waals surface area contributed by atoms with Crippen LogP contribution in [-0.2, 0) is 22.5 Å². The molecule has 0 unspecified atom stereocenters. The van der Waals surface area contributed by atoms with Gasteiger partial charge >= 0.3 is 5.97 Å². The summed E-state index contributed by atoms with van der Waals surface area (Å²) in [7, 11) is 0. The molecule has 0 saturated heterocycles. The van der Waals surface area contributed by atoms with Crippen molar-refractivity contribution in [3.05, 3.63) is 70.8 Å². The number of benzene rings is 2. The fourth-order valence-corrected chi connectivity index (χ4v) is 2.59. The van der Waals surface area contributed by atoms with Gasteiger partial charge in [0.1, 0.15) is 0 Å². The summed E-state index contributed by atoms with van der Waals surface area (Å²) < 4.78 is 0. The van der Waals surface area contributed by atoms with E-state index in [1.807, 2.05) is 24.3 Å². The monoisotopic (exact) mass is 323 g/mol. The molecule has 122 valence electrons. The summed E-state index contributed by atoms with van der Waals surface area (Å²) in [6.45, 7) is 2.08.